The number of halogens is 2. The summed E-state index contributed by atoms with van der Waals surface area (Å²) >= 11 is 5.90. The van der Waals surface area contributed by atoms with Crippen molar-refractivity contribution < 1.29 is 14.0 Å². The zero-order valence-corrected chi connectivity index (χ0v) is 19.5. The Morgan fingerprint density at radius 1 is 1.28 bits per heavy atom. The van der Waals surface area contributed by atoms with Crippen molar-refractivity contribution in [3.8, 4) is 11.4 Å². The van der Waals surface area contributed by atoms with E-state index in [-0.39, 0.29) is 30.1 Å². The molecule has 160 valence electrons. The highest BCUT2D eigenvalue weighted by Crippen LogP contribution is 2.18. The van der Waals surface area contributed by atoms with E-state index in [4.69, 9.17) is 25.6 Å². The summed E-state index contributed by atoms with van der Waals surface area (Å²) in [7, 11) is 1.74. The van der Waals surface area contributed by atoms with E-state index >= 15 is 0 Å². The summed E-state index contributed by atoms with van der Waals surface area (Å²) < 4.78 is 16.3. The Labute approximate surface area is 192 Å². The van der Waals surface area contributed by atoms with E-state index in [0.717, 1.165) is 37.5 Å². The molecule has 1 atom stereocenters. The van der Waals surface area contributed by atoms with Crippen molar-refractivity contribution in [2.75, 3.05) is 40.0 Å². The van der Waals surface area contributed by atoms with E-state index in [2.05, 4.69) is 25.8 Å². The number of benzene rings is 1. The first-order valence-corrected chi connectivity index (χ1v) is 9.85. The van der Waals surface area contributed by atoms with Crippen LogP contribution in [0.25, 0.3) is 11.4 Å². The number of hydrogen-bond acceptors (Lipinski definition) is 6. The standard InChI is InChI=1S/C19H26ClN5O3.HI/c1-21-19(22-9-2-11-27-16-8-12-26-13-16)23-10-7-17-24-18(25-28-17)14-3-5-15(20)6-4-14;/h3-6,16H,2,7-13H2,1H3,(H2,21,22,23);1H. The van der Waals surface area contributed by atoms with Gasteiger partial charge in [0, 0.05) is 50.4 Å². The number of rotatable bonds is 9. The number of nitrogens with zero attached hydrogens (tertiary/aromatic N) is 3. The highest BCUT2D eigenvalue weighted by Gasteiger charge is 2.15. The predicted octanol–water partition coefficient (Wildman–Crippen LogP) is 2.91. The normalized spacial score (nSPS) is 16.5. The van der Waals surface area contributed by atoms with Crippen molar-refractivity contribution >= 4 is 41.5 Å². The number of aromatic nitrogens is 2. The quantitative estimate of drug-likeness (QED) is 0.221. The average Bonchev–Trinajstić information content (AvgIpc) is 3.39. The Morgan fingerprint density at radius 3 is 2.79 bits per heavy atom. The molecule has 8 nitrogen and oxygen atoms in total. The van der Waals surface area contributed by atoms with E-state index in [1.165, 1.54) is 0 Å². The molecule has 1 aromatic carbocycles. The van der Waals surface area contributed by atoms with Crippen LogP contribution >= 0.6 is 35.6 Å². The van der Waals surface area contributed by atoms with Crippen LogP contribution in [0.15, 0.2) is 33.8 Å². The lowest BCUT2D eigenvalue weighted by Gasteiger charge is -2.12. The van der Waals surface area contributed by atoms with Crippen molar-refractivity contribution in [2.24, 2.45) is 4.99 Å². The molecule has 1 saturated heterocycles. The Balaban J connectivity index is 0.00000300. The third kappa shape index (κ3) is 8.07. The van der Waals surface area contributed by atoms with Gasteiger partial charge < -0.3 is 24.6 Å². The van der Waals surface area contributed by atoms with Crippen molar-refractivity contribution in [1.82, 2.24) is 20.8 Å². The van der Waals surface area contributed by atoms with Crippen LogP contribution in [-0.2, 0) is 15.9 Å². The fraction of sp³-hybridized carbons (Fsp3) is 0.526. The summed E-state index contributed by atoms with van der Waals surface area (Å²) in [6, 6.07) is 7.34. The topological polar surface area (TPSA) is 93.8 Å². The Hall–Kier alpha value is -1.43. The zero-order chi connectivity index (χ0) is 19.6. The van der Waals surface area contributed by atoms with E-state index < -0.39 is 0 Å². The Morgan fingerprint density at radius 2 is 2.07 bits per heavy atom. The van der Waals surface area contributed by atoms with Gasteiger partial charge in [-0.1, -0.05) is 16.8 Å². The van der Waals surface area contributed by atoms with Gasteiger partial charge in [0.05, 0.1) is 12.7 Å². The van der Waals surface area contributed by atoms with Crippen LogP contribution in [0.2, 0.25) is 5.02 Å². The van der Waals surface area contributed by atoms with Gasteiger partial charge >= 0.3 is 0 Å². The molecule has 1 fully saturated rings. The maximum atomic E-state index is 5.90. The minimum Gasteiger partial charge on any atom is -0.379 e. The molecule has 3 rings (SSSR count). The van der Waals surface area contributed by atoms with Gasteiger partial charge in [0.25, 0.3) is 0 Å². The van der Waals surface area contributed by atoms with Crippen molar-refractivity contribution in [3.05, 3.63) is 35.2 Å². The van der Waals surface area contributed by atoms with E-state index in [1.807, 2.05) is 12.1 Å². The largest absolute Gasteiger partial charge is 0.379 e. The van der Waals surface area contributed by atoms with Gasteiger partial charge in [-0.25, -0.2) is 0 Å². The highest BCUT2D eigenvalue weighted by atomic mass is 127. The first-order chi connectivity index (χ1) is 13.7. The first-order valence-electron chi connectivity index (χ1n) is 9.47. The van der Waals surface area contributed by atoms with Crippen LogP contribution in [-0.4, -0.2) is 62.2 Å². The van der Waals surface area contributed by atoms with Gasteiger partial charge in [-0.05, 0) is 37.1 Å². The van der Waals surface area contributed by atoms with Crippen LogP contribution in [0, 0.1) is 0 Å². The number of guanidine groups is 1. The molecule has 0 saturated carbocycles. The lowest BCUT2D eigenvalue weighted by Crippen LogP contribution is -2.39. The minimum absolute atomic E-state index is 0. The third-order valence-electron chi connectivity index (χ3n) is 4.28. The van der Waals surface area contributed by atoms with Crippen molar-refractivity contribution in [2.45, 2.75) is 25.4 Å². The molecule has 0 aliphatic carbocycles. The number of nitrogens with one attached hydrogen (secondary N) is 2. The maximum absolute atomic E-state index is 5.90. The Kier molecular flexibility index (Phi) is 10.7. The summed E-state index contributed by atoms with van der Waals surface area (Å²) in [5.74, 6) is 1.86. The molecule has 2 heterocycles. The second-order valence-electron chi connectivity index (χ2n) is 6.40. The van der Waals surface area contributed by atoms with E-state index in [0.29, 0.717) is 42.9 Å². The number of ether oxygens (including phenoxy) is 2. The van der Waals surface area contributed by atoms with Gasteiger partial charge in [0.2, 0.25) is 11.7 Å². The molecule has 0 radical (unpaired) electrons. The minimum atomic E-state index is 0. The predicted molar refractivity (Wildman–Crippen MR) is 123 cm³/mol. The monoisotopic (exact) mass is 535 g/mol. The Bertz CT molecular complexity index is 751. The maximum Gasteiger partial charge on any atom is 0.228 e. The van der Waals surface area contributed by atoms with Gasteiger partial charge in [0.1, 0.15) is 0 Å². The average molecular weight is 536 g/mol. The first kappa shape index (κ1) is 23.8. The summed E-state index contributed by atoms with van der Waals surface area (Å²) in [6.07, 6.45) is 2.76. The summed E-state index contributed by atoms with van der Waals surface area (Å²) in [5.41, 5.74) is 0.872. The van der Waals surface area contributed by atoms with Crippen LogP contribution in [0.3, 0.4) is 0 Å². The molecule has 29 heavy (non-hydrogen) atoms. The van der Waals surface area contributed by atoms with Gasteiger partial charge in [-0.3, -0.25) is 4.99 Å². The lowest BCUT2D eigenvalue weighted by atomic mass is 10.2. The highest BCUT2D eigenvalue weighted by molar-refractivity contribution is 14.0. The van der Waals surface area contributed by atoms with Gasteiger partial charge in [-0.2, -0.15) is 4.98 Å². The summed E-state index contributed by atoms with van der Waals surface area (Å²) in [5, 5.41) is 11.2. The van der Waals surface area contributed by atoms with Crippen LogP contribution in [0.5, 0.6) is 0 Å². The number of hydrogen-bond donors (Lipinski definition) is 2. The van der Waals surface area contributed by atoms with E-state index in [1.54, 1.807) is 19.2 Å². The smallest absolute Gasteiger partial charge is 0.228 e. The van der Waals surface area contributed by atoms with Gasteiger partial charge in [-0.15, -0.1) is 24.0 Å². The van der Waals surface area contributed by atoms with Crippen LogP contribution in [0.4, 0.5) is 0 Å². The van der Waals surface area contributed by atoms with Crippen molar-refractivity contribution in [3.63, 3.8) is 0 Å². The molecule has 2 N–H and O–H groups in total. The van der Waals surface area contributed by atoms with E-state index in [9.17, 15) is 0 Å². The van der Waals surface area contributed by atoms with Crippen LogP contribution in [0.1, 0.15) is 18.7 Å². The fourth-order valence-electron chi connectivity index (χ4n) is 2.75. The lowest BCUT2D eigenvalue weighted by molar-refractivity contribution is 0.0420. The molecule has 0 spiro atoms. The number of aliphatic imine (C=N–C) groups is 1. The molecule has 2 aromatic rings. The summed E-state index contributed by atoms with van der Waals surface area (Å²) in [6.45, 7) is 3.66. The second kappa shape index (κ2) is 13.0. The molecule has 1 aromatic heterocycles. The fourth-order valence-corrected chi connectivity index (χ4v) is 2.88. The SMILES string of the molecule is CN=C(NCCCOC1CCOC1)NCCc1nc(-c2ccc(Cl)cc2)no1.I. The zero-order valence-electron chi connectivity index (χ0n) is 16.4. The molecular weight excluding hydrogens is 509 g/mol. The van der Waals surface area contributed by atoms with Crippen molar-refractivity contribution in [1.29, 1.82) is 0 Å². The molecule has 1 aliphatic heterocycles. The molecule has 1 aliphatic rings. The molecule has 0 amide bonds. The second-order valence-corrected chi connectivity index (χ2v) is 6.84. The summed E-state index contributed by atoms with van der Waals surface area (Å²) in [4.78, 5) is 8.62. The van der Waals surface area contributed by atoms with Crippen LogP contribution < -0.4 is 10.6 Å². The van der Waals surface area contributed by atoms with Gasteiger partial charge in [0.15, 0.2) is 5.96 Å². The third-order valence-corrected chi connectivity index (χ3v) is 4.53. The molecular formula is C19H27ClIN5O3. The molecule has 10 heteroatoms. The molecule has 1 unspecified atom stereocenters. The molecule has 0 bridgehead atoms.